The summed E-state index contributed by atoms with van der Waals surface area (Å²) in [5.74, 6) is 0. The Labute approximate surface area is 135 Å². The molecule has 0 atom stereocenters. The van der Waals surface area contributed by atoms with E-state index >= 15 is 0 Å². The molecule has 22 heavy (non-hydrogen) atoms. The third kappa shape index (κ3) is 3.64. The Balaban J connectivity index is 1.53. The van der Waals surface area contributed by atoms with E-state index in [2.05, 4.69) is 9.80 Å². The maximum absolute atomic E-state index is 12.7. The Kier molecular flexibility index (Phi) is 5.39. The van der Waals surface area contributed by atoms with Gasteiger partial charge in [-0.2, -0.15) is 17.0 Å². The van der Waals surface area contributed by atoms with E-state index < -0.39 is 10.2 Å². The van der Waals surface area contributed by atoms with Crippen LogP contribution in [0.3, 0.4) is 0 Å². The number of rotatable bonds is 3. The van der Waals surface area contributed by atoms with Gasteiger partial charge in [0.1, 0.15) is 0 Å². The zero-order chi connectivity index (χ0) is 15.6. The number of piperazine rings is 1. The van der Waals surface area contributed by atoms with E-state index in [0.29, 0.717) is 32.2 Å². The molecule has 0 unspecified atom stereocenters. The largest absolute Gasteiger partial charge is 0.304 e. The predicted octanol–water partition coefficient (Wildman–Crippen LogP) is 0.429. The second-order valence-corrected chi connectivity index (χ2v) is 8.87. The molecule has 0 aromatic rings. The molecule has 0 saturated carbocycles. The lowest BCUT2D eigenvalue weighted by Crippen LogP contribution is -2.55. The summed E-state index contributed by atoms with van der Waals surface area (Å²) in [6.45, 7) is 6.72. The van der Waals surface area contributed by atoms with E-state index in [0.717, 1.165) is 25.9 Å². The minimum atomic E-state index is -3.24. The van der Waals surface area contributed by atoms with Gasteiger partial charge in [-0.25, -0.2) is 0 Å². The van der Waals surface area contributed by atoms with Gasteiger partial charge < -0.3 is 9.80 Å². The number of piperidine rings is 2. The SMILES string of the molecule is CN1CCN(S(=O)(=O)N2CCC(N3CCCCC3)CC2)CC1. The molecule has 0 bridgehead atoms. The number of likely N-dealkylation sites (N-methyl/N-ethyl adjacent to an activating group) is 1. The van der Waals surface area contributed by atoms with Crippen LogP contribution in [-0.2, 0) is 10.2 Å². The molecule has 0 aliphatic carbocycles. The molecule has 3 heterocycles. The molecule has 7 heteroatoms. The lowest BCUT2D eigenvalue weighted by Gasteiger charge is -2.41. The average molecular weight is 330 g/mol. The van der Waals surface area contributed by atoms with Crippen LogP contribution in [0.15, 0.2) is 0 Å². The van der Waals surface area contributed by atoms with E-state index in [1.54, 1.807) is 8.61 Å². The van der Waals surface area contributed by atoms with Gasteiger partial charge >= 0.3 is 0 Å². The van der Waals surface area contributed by atoms with Crippen molar-refractivity contribution < 1.29 is 8.42 Å². The van der Waals surface area contributed by atoms with Crippen LogP contribution in [0, 0.1) is 0 Å². The van der Waals surface area contributed by atoms with Crippen molar-refractivity contribution in [1.82, 2.24) is 18.4 Å². The summed E-state index contributed by atoms with van der Waals surface area (Å²) >= 11 is 0. The van der Waals surface area contributed by atoms with Crippen molar-refractivity contribution >= 4 is 10.2 Å². The smallest absolute Gasteiger partial charge is 0.282 e. The van der Waals surface area contributed by atoms with Crippen LogP contribution in [0.25, 0.3) is 0 Å². The van der Waals surface area contributed by atoms with Crippen molar-refractivity contribution in [2.24, 2.45) is 0 Å². The van der Waals surface area contributed by atoms with Gasteiger partial charge in [-0.1, -0.05) is 6.42 Å². The summed E-state index contributed by atoms with van der Waals surface area (Å²) in [7, 11) is -1.19. The molecule has 3 aliphatic rings. The Morgan fingerprint density at radius 2 is 1.27 bits per heavy atom. The van der Waals surface area contributed by atoms with Crippen molar-refractivity contribution in [3.8, 4) is 0 Å². The number of hydrogen-bond acceptors (Lipinski definition) is 4. The first-order valence-electron chi connectivity index (χ1n) is 8.75. The van der Waals surface area contributed by atoms with Crippen LogP contribution < -0.4 is 0 Å². The van der Waals surface area contributed by atoms with Crippen LogP contribution in [0.4, 0.5) is 0 Å². The summed E-state index contributed by atoms with van der Waals surface area (Å²) in [5.41, 5.74) is 0. The maximum Gasteiger partial charge on any atom is 0.282 e. The Morgan fingerprint density at radius 3 is 1.86 bits per heavy atom. The van der Waals surface area contributed by atoms with Gasteiger partial charge in [-0.3, -0.25) is 0 Å². The molecular weight excluding hydrogens is 300 g/mol. The van der Waals surface area contributed by atoms with Crippen molar-refractivity contribution in [2.75, 3.05) is 59.4 Å². The average Bonchev–Trinajstić information content (AvgIpc) is 2.56. The summed E-state index contributed by atoms with van der Waals surface area (Å²) < 4.78 is 28.9. The quantitative estimate of drug-likeness (QED) is 0.753. The van der Waals surface area contributed by atoms with Crippen LogP contribution >= 0.6 is 0 Å². The maximum atomic E-state index is 12.7. The molecule has 6 nitrogen and oxygen atoms in total. The van der Waals surface area contributed by atoms with Crippen LogP contribution in [0.1, 0.15) is 32.1 Å². The fraction of sp³-hybridized carbons (Fsp3) is 1.00. The highest BCUT2D eigenvalue weighted by Crippen LogP contribution is 2.23. The van der Waals surface area contributed by atoms with Gasteiger partial charge in [-0.05, 0) is 45.8 Å². The minimum Gasteiger partial charge on any atom is -0.304 e. The number of likely N-dealkylation sites (tertiary alicyclic amines) is 1. The molecule has 0 amide bonds. The first kappa shape index (κ1) is 16.6. The van der Waals surface area contributed by atoms with Gasteiger partial charge in [0.15, 0.2) is 0 Å². The standard InChI is InChI=1S/C15H30N4O2S/c1-16-11-13-19(14-12-16)22(20,21)18-9-5-15(6-10-18)17-7-3-2-4-8-17/h15H,2-14H2,1H3. The molecule has 0 aromatic heterocycles. The second-order valence-electron chi connectivity index (χ2n) is 6.94. The molecule has 128 valence electrons. The number of nitrogens with zero attached hydrogens (tertiary/aromatic N) is 4. The summed E-state index contributed by atoms with van der Waals surface area (Å²) in [5, 5.41) is 0. The lowest BCUT2D eigenvalue weighted by atomic mass is 10.0. The molecule has 0 spiro atoms. The van der Waals surface area contributed by atoms with E-state index in [-0.39, 0.29) is 0 Å². The van der Waals surface area contributed by atoms with Gasteiger partial charge in [0.2, 0.25) is 0 Å². The van der Waals surface area contributed by atoms with Crippen molar-refractivity contribution in [3.63, 3.8) is 0 Å². The zero-order valence-corrected chi connectivity index (χ0v) is 14.6. The summed E-state index contributed by atoms with van der Waals surface area (Å²) in [6, 6.07) is 0.597. The van der Waals surface area contributed by atoms with Crippen molar-refractivity contribution in [1.29, 1.82) is 0 Å². The van der Waals surface area contributed by atoms with Gasteiger partial charge in [-0.15, -0.1) is 0 Å². The second kappa shape index (κ2) is 7.13. The fourth-order valence-electron chi connectivity index (χ4n) is 3.90. The van der Waals surface area contributed by atoms with E-state index in [4.69, 9.17) is 0 Å². The van der Waals surface area contributed by atoms with Gasteiger partial charge in [0.05, 0.1) is 0 Å². The highest BCUT2D eigenvalue weighted by atomic mass is 32.2. The van der Waals surface area contributed by atoms with Gasteiger partial charge in [0.25, 0.3) is 10.2 Å². The normalized spacial score (nSPS) is 29.0. The minimum absolute atomic E-state index is 0.597. The molecule has 0 aromatic carbocycles. The zero-order valence-electron chi connectivity index (χ0n) is 13.8. The molecule has 3 aliphatic heterocycles. The summed E-state index contributed by atoms with van der Waals surface area (Å²) in [6.07, 6.45) is 5.95. The van der Waals surface area contributed by atoms with E-state index in [1.165, 1.54) is 32.4 Å². The molecule has 3 rings (SSSR count). The predicted molar refractivity (Wildman–Crippen MR) is 88.0 cm³/mol. The van der Waals surface area contributed by atoms with Crippen LogP contribution in [0.5, 0.6) is 0 Å². The highest BCUT2D eigenvalue weighted by molar-refractivity contribution is 7.86. The third-order valence-electron chi connectivity index (χ3n) is 5.45. The van der Waals surface area contributed by atoms with Crippen molar-refractivity contribution in [2.45, 2.75) is 38.1 Å². The van der Waals surface area contributed by atoms with Crippen LogP contribution in [0.2, 0.25) is 0 Å². The molecule has 0 N–H and O–H groups in total. The summed E-state index contributed by atoms with van der Waals surface area (Å²) in [4.78, 5) is 4.78. The Hall–Kier alpha value is -0.210. The highest BCUT2D eigenvalue weighted by Gasteiger charge is 2.35. The third-order valence-corrected chi connectivity index (χ3v) is 7.48. The Morgan fingerprint density at radius 1 is 0.727 bits per heavy atom. The van der Waals surface area contributed by atoms with Crippen LogP contribution in [-0.4, -0.2) is 92.3 Å². The van der Waals surface area contributed by atoms with E-state index in [9.17, 15) is 8.42 Å². The van der Waals surface area contributed by atoms with Gasteiger partial charge in [0, 0.05) is 45.3 Å². The topological polar surface area (TPSA) is 47.1 Å². The van der Waals surface area contributed by atoms with Crippen molar-refractivity contribution in [3.05, 3.63) is 0 Å². The molecule has 3 saturated heterocycles. The van der Waals surface area contributed by atoms with E-state index in [1.807, 2.05) is 7.05 Å². The Bertz CT molecular complexity index is 448. The lowest BCUT2D eigenvalue weighted by molar-refractivity contribution is 0.114. The molecule has 0 radical (unpaired) electrons. The number of hydrogen-bond donors (Lipinski definition) is 0. The first-order chi connectivity index (χ1) is 10.6. The first-order valence-corrected chi connectivity index (χ1v) is 10.1. The molecule has 3 fully saturated rings. The monoisotopic (exact) mass is 330 g/mol. The molecular formula is C15H30N4O2S. The fourth-order valence-corrected chi connectivity index (χ4v) is 5.53.